The molecular formula is C28H32N4O4. The number of hydrogen-bond donors (Lipinski definition) is 1. The lowest BCUT2D eigenvalue weighted by Crippen LogP contribution is -2.63. The molecule has 0 radical (unpaired) electrons. The smallest absolute Gasteiger partial charge is 0.246 e. The van der Waals surface area contributed by atoms with Crippen LogP contribution in [0.5, 0.6) is 5.75 Å². The first-order chi connectivity index (χ1) is 17.7. The van der Waals surface area contributed by atoms with E-state index in [1.165, 1.54) is 0 Å². The van der Waals surface area contributed by atoms with Gasteiger partial charge in [-0.1, -0.05) is 36.4 Å². The van der Waals surface area contributed by atoms with Crippen LogP contribution in [0.4, 0.5) is 0 Å². The number of nitrogens with one attached hydrogen (secondary N) is 1. The van der Waals surface area contributed by atoms with Crippen molar-refractivity contribution in [2.24, 2.45) is 0 Å². The van der Waals surface area contributed by atoms with E-state index >= 15 is 0 Å². The topological polar surface area (TPSA) is 78.1 Å². The maximum atomic E-state index is 13.9. The monoisotopic (exact) mass is 488 g/mol. The maximum Gasteiger partial charge on any atom is 0.246 e. The van der Waals surface area contributed by atoms with Gasteiger partial charge in [0.2, 0.25) is 11.8 Å². The van der Waals surface area contributed by atoms with Crippen molar-refractivity contribution in [1.29, 1.82) is 0 Å². The molecule has 3 aliphatic heterocycles. The van der Waals surface area contributed by atoms with E-state index in [9.17, 15) is 9.59 Å². The molecule has 36 heavy (non-hydrogen) atoms. The van der Waals surface area contributed by atoms with E-state index in [0.29, 0.717) is 32.8 Å². The zero-order valence-corrected chi connectivity index (χ0v) is 20.6. The zero-order valence-electron chi connectivity index (χ0n) is 20.6. The van der Waals surface area contributed by atoms with Crippen LogP contribution in [-0.2, 0) is 20.7 Å². The number of rotatable bonds is 6. The van der Waals surface area contributed by atoms with Gasteiger partial charge in [0.25, 0.3) is 0 Å². The Kier molecular flexibility index (Phi) is 6.15. The van der Waals surface area contributed by atoms with Gasteiger partial charge in [-0.05, 0) is 24.6 Å². The second-order valence-corrected chi connectivity index (χ2v) is 9.67. The second kappa shape index (κ2) is 9.59. The predicted octanol–water partition coefficient (Wildman–Crippen LogP) is 2.58. The van der Waals surface area contributed by atoms with E-state index < -0.39 is 12.1 Å². The third kappa shape index (κ3) is 3.94. The molecule has 188 valence electrons. The summed E-state index contributed by atoms with van der Waals surface area (Å²) in [6.07, 6.45) is 0.505. The Balaban J connectivity index is 1.39. The molecule has 6 rings (SSSR count). The molecule has 0 bridgehead atoms. The van der Waals surface area contributed by atoms with Gasteiger partial charge < -0.3 is 24.3 Å². The quantitative estimate of drug-likeness (QED) is 0.577. The SMILES string of the molecule is CCOc1ccccc1[C@@H]1c2[nH]c3ccccc3c2C[C@H]2C(=O)N(CCN3CCOCC3)CC(=O)N12. The largest absolute Gasteiger partial charge is 0.494 e. The minimum absolute atomic E-state index is 0.0256. The van der Waals surface area contributed by atoms with Crippen LogP contribution in [0.25, 0.3) is 10.9 Å². The standard InChI is InChI=1S/C28H32N4O4/c1-2-36-24-10-6-4-8-20(24)27-26-21(19-7-3-5-9-22(19)29-26)17-23-28(34)31(18-25(33)32(23)27)12-11-30-13-15-35-16-14-30/h3-10,23,27,29H,2,11-18H2,1H3/t23-,27+/m0/s1. The number of carbonyl (C=O) groups excluding carboxylic acids is 2. The maximum absolute atomic E-state index is 13.9. The number of amides is 2. The molecule has 3 aliphatic rings. The molecule has 0 saturated carbocycles. The predicted molar refractivity (Wildman–Crippen MR) is 136 cm³/mol. The van der Waals surface area contributed by atoms with Crippen molar-refractivity contribution in [3.63, 3.8) is 0 Å². The van der Waals surface area contributed by atoms with E-state index in [-0.39, 0.29) is 18.4 Å². The number of hydrogen-bond acceptors (Lipinski definition) is 5. The van der Waals surface area contributed by atoms with E-state index in [0.717, 1.165) is 53.1 Å². The third-order valence-electron chi connectivity index (χ3n) is 7.65. The minimum Gasteiger partial charge on any atom is -0.494 e. The van der Waals surface area contributed by atoms with Crippen molar-refractivity contribution in [2.45, 2.75) is 25.4 Å². The zero-order chi connectivity index (χ0) is 24.6. The molecule has 2 fully saturated rings. The van der Waals surface area contributed by atoms with Crippen LogP contribution < -0.4 is 4.74 Å². The van der Waals surface area contributed by atoms with Crippen LogP contribution in [-0.4, -0.2) is 90.1 Å². The number of aromatic amines is 1. The summed E-state index contributed by atoms with van der Waals surface area (Å²) < 4.78 is 11.4. The number of nitrogens with zero attached hydrogens (tertiary/aromatic N) is 3. The highest BCUT2D eigenvalue weighted by atomic mass is 16.5. The van der Waals surface area contributed by atoms with Crippen molar-refractivity contribution in [1.82, 2.24) is 19.7 Å². The van der Waals surface area contributed by atoms with E-state index in [4.69, 9.17) is 9.47 Å². The van der Waals surface area contributed by atoms with Gasteiger partial charge >= 0.3 is 0 Å². The van der Waals surface area contributed by atoms with Gasteiger partial charge in [0.15, 0.2) is 0 Å². The third-order valence-corrected chi connectivity index (χ3v) is 7.65. The fourth-order valence-corrected chi connectivity index (χ4v) is 5.92. The molecule has 0 aliphatic carbocycles. The molecule has 4 heterocycles. The van der Waals surface area contributed by atoms with Gasteiger partial charge in [-0.25, -0.2) is 0 Å². The lowest BCUT2D eigenvalue weighted by molar-refractivity contribution is -0.159. The van der Waals surface area contributed by atoms with Gasteiger partial charge in [-0.15, -0.1) is 0 Å². The molecule has 1 aromatic heterocycles. The van der Waals surface area contributed by atoms with Gasteiger partial charge in [0, 0.05) is 54.8 Å². The summed E-state index contributed by atoms with van der Waals surface area (Å²) in [6, 6.07) is 15.1. The van der Waals surface area contributed by atoms with E-state index in [1.54, 1.807) is 4.90 Å². The van der Waals surface area contributed by atoms with Crippen molar-refractivity contribution in [3.8, 4) is 5.75 Å². The first-order valence-electron chi connectivity index (χ1n) is 12.9. The van der Waals surface area contributed by atoms with Crippen molar-refractivity contribution >= 4 is 22.7 Å². The fraction of sp³-hybridized carbons (Fsp3) is 0.429. The average molecular weight is 489 g/mol. The number of aromatic nitrogens is 1. The van der Waals surface area contributed by atoms with Gasteiger partial charge in [0.1, 0.15) is 17.8 Å². The summed E-state index contributed by atoms with van der Waals surface area (Å²) in [4.78, 5) is 37.1. The number of ether oxygens (including phenoxy) is 2. The van der Waals surface area contributed by atoms with Gasteiger partial charge in [-0.2, -0.15) is 0 Å². The molecule has 8 heteroatoms. The molecule has 2 aromatic carbocycles. The molecule has 8 nitrogen and oxygen atoms in total. The van der Waals surface area contributed by atoms with Crippen molar-refractivity contribution < 1.29 is 19.1 Å². The first kappa shape index (κ1) is 23.1. The summed E-state index contributed by atoms with van der Waals surface area (Å²) in [5.41, 5.74) is 4.01. The molecular weight excluding hydrogens is 456 g/mol. The Morgan fingerprint density at radius 3 is 2.64 bits per heavy atom. The number of piperazine rings is 1. The minimum atomic E-state index is -0.540. The molecule has 0 unspecified atom stereocenters. The molecule has 2 amide bonds. The fourth-order valence-electron chi connectivity index (χ4n) is 5.92. The molecule has 3 aromatic rings. The second-order valence-electron chi connectivity index (χ2n) is 9.67. The number of para-hydroxylation sites is 2. The summed E-state index contributed by atoms with van der Waals surface area (Å²) in [6.45, 7) is 7.04. The van der Waals surface area contributed by atoms with Crippen LogP contribution in [0.1, 0.15) is 29.8 Å². The number of morpholine rings is 1. The Morgan fingerprint density at radius 1 is 1.03 bits per heavy atom. The van der Waals surface area contributed by atoms with Gasteiger partial charge in [0.05, 0.1) is 26.4 Å². The molecule has 2 atom stereocenters. The van der Waals surface area contributed by atoms with Crippen LogP contribution in [0.3, 0.4) is 0 Å². The molecule has 2 saturated heterocycles. The number of H-pyrrole nitrogens is 1. The highest BCUT2D eigenvalue weighted by Crippen LogP contribution is 2.44. The van der Waals surface area contributed by atoms with E-state index in [2.05, 4.69) is 22.0 Å². The Bertz CT molecular complexity index is 1280. The van der Waals surface area contributed by atoms with Crippen LogP contribution >= 0.6 is 0 Å². The highest BCUT2D eigenvalue weighted by Gasteiger charge is 2.48. The number of fused-ring (bicyclic) bond motifs is 4. The normalized spacial score (nSPS) is 22.6. The highest BCUT2D eigenvalue weighted by molar-refractivity contribution is 5.97. The van der Waals surface area contributed by atoms with Crippen molar-refractivity contribution in [2.75, 3.05) is 52.5 Å². The van der Waals surface area contributed by atoms with Gasteiger partial charge in [-0.3, -0.25) is 14.5 Å². The number of benzene rings is 2. The average Bonchev–Trinajstić information content (AvgIpc) is 3.28. The Morgan fingerprint density at radius 2 is 1.81 bits per heavy atom. The molecule has 1 N–H and O–H groups in total. The van der Waals surface area contributed by atoms with Crippen LogP contribution in [0.15, 0.2) is 48.5 Å². The van der Waals surface area contributed by atoms with Crippen molar-refractivity contribution in [3.05, 3.63) is 65.4 Å². The lowest BCUT2D eigenvalue weighted by Gasteiger charge is -2.47. The van der Waals surface area contributed by atoms with E-state index in [1.807, 2.05) is 48.2 Å². The Labute approximate surface area is 210 Å². The lowest BCUT2D eigenvalue weighted by atomic mass is 9.86. The molecule has 0 spiro atoms. The number of carbonyl (C=O) groups is 2. The van der Waals surface area contributed by atoms with Crippen LogP contribution in [0, 0.1) is 0 Å². The first-order valence-corrected chi connectivity index (χ1v) is 12.9. The summed E-state index contributed by atoms with van der Waals surface area (Å²) in [5.74, 6) is 0.741. The summed E-state index contributed by atoms with van der Waals surface area (Å²) >= 11 is 0. The van der Waals surface area contributed by atoms with Crippen LogP contribution in [0.2, 0.25) is 0 Å². The summed E-state index contributed by atoms with van der Waals surface area (Å²) in [7, 11) is 0. The summed E-state index contributed by atoms with van der Waals surface area (Å²) in [5, 5.41) is 1.11. The Hall–Kier alpha value is -3.36.